The Kier molecular flexibility index (Phi) is 3.22. The van der Waals surface area contributed by atoms with Gasteiger partial charge >= 0.3 is 0 Å². The van der Waals surface area contributed by atoms with E-state index in [1.165, 1.54) is 77.1 Å². The van der Waals surface area contributed by atoms with Gasteiger partial charge in [0.2, 0.25) is 0 Å². The number of hydrogen-bond donors (Lipinski definition) is 0. The van der Waals surface area contributed by atoms with Crippen LogP contribution in [0.3, 0.4) is 0 Å². The monoisotopic (exact) mass is 243 g/mol. The first-order valence-electron chi connectivity index (χ1n) is 8.22. The fourth-order valence-electron chi connectivity index (χ4n) is 4.92. The van der Waals surface area contributed by atoms with Gasteiger partial charge in [0.05, 0.1) is 0 Å². The molecule has 0 N–H and O–H groups in total. The van der Waals surface area contributed by atoms with E-state index in [1.54, 1.807) is 0 Å². The van der Waals surface area contributed by atoms with Gasteiger partial charge in [0.25, 0.3) is 20.9 Å². The molecule has 0 amide bonds. The van der Waals surface area contributed by atoms with Gasteiger partial charge in [-0.2, -0.15) is 0 Å². The predicted molar refractivity (Wildman–Crippen MR) is 79.5 cm³/mol. The van der Waals surface area contributed by atoms with Crippen LogP contribution in [0.2, 0.25) is 19.0 Å². The number of fused-ring (bicyclic) bond motifs is 6. The minimum Gasteiger partial charge on any atom is -0.357 e. The van der Waals surface area contributed by atoms with Crippen LogP contribution >= 0.6 is 0 Å². The minimum absolute atomic E-state index is 0.795. The zero-order chi connectivity index (χ0) is 11.9. The highest BCUT2D eigenvalue weighted by atomic mass is 15.3. The second kappa shape index (κ2) is 4.88. The SMILES string of the molecule is C1CCN2B(C1)N1CCCCB1N1CCCCB21. The van der Waals surface area contributed by atoms with Crippen LogP contribution < -0.4 is 0 Å². The van der Waals surface area contributed by atoms with Crippen LogP contribution in [0.15, 0.2) is 0 Å². The highest BCUT2D eigenvalue weighted by Gasteiger charge is 2.53. The molecule has 0 bridgehead atoms. The molecule has 4 aliphatic rings. The molecule has 4 heterocycles. The first-order valence-corrected chi connectivity index (χ1v) is 8.22. The van der Waals surface area contributed by atoms with Gasteiger partial charge < -0.3 is 14.2 Å². The van der Waals surface area contributed by atoms with Gasteiger partial charge in [-0.05, 0) is 57.9 Å². The minimum atomic E-state index is 0.795. The zero-order valence-electron chi connectivity index (χ0n) is 11.6. The van der Waals surface area contributed by atoms with Crippen molar-refractivity contribution in [3.8, 4) is 0 Å². The Morgan fingerprint density at radius 2 is 0.778 bits per heavy atom. The average Bonchev–Trinajstić information content (AvgIpc) is 2.48. The van der Waals surface area contributed by atoms with Gasteiger partial charge in [-0.15, -0.1) is 0 Å². The second-order valence-corrected chi connectivity index (χ2v) is 6.64. The summed E-state index contributed by atoms with van der Waals surface area (Å²) in [7, 11) is 0. The molecule has 4 rings (SSSR count). The molecule has 96 valence electrons. The zero-order valence-corrected chi connectivity index (χ0v) is 11.6. The lowest BCUT2D eigenvalue weighted by Gasteiger charge is -2.58. The standard InChI is InChI=1S/C12H24B3N3/c1-4-10-16-13(7-1)17-11-5-2-9-15(17)18-12-6-3-8-14(16)18/h1-12H2. The van der Waals surface area contributed by atoms with E-state index in [-0.39, 0.29) is 0 Å². The third kappa shape index (κ3) is 1.80. The summed E-state index contributed by atoms with van der Waals surface area (Å²) in [5, 5.41) is 0. The molecule has 4 aliphatic heterocycles. The van der Waals surface area contributed by atoms with Crippen molar-refractivity contribution in [2.24, 2.45) is 0 Å². The van der Waals surface area contributed by atoms with Crippen molar-refractivity contribution < 1.29 is 0 Å². The Balaban J connectivity index is 1.64. The van der Waals surface area contributed by atoms with Gasteiger partial charge in [-0.25, -0.2) is 0 Å². The summed E-state index contributed by atoms with van der Waals surface area (Å²) in [6.45, 7) is 6.45. The summed E-state index contributed by atoms with van der Waals surface area (Å²) < 4.78 is 8.60. The quantitative estimate of drug-likeness (QED) is 0.600. The van der Waals surface area contributed by atoms with E-state index in [2.05, 4.69) is 14.2 Å². The lowest BCUT2D eigenvalue weighted by molar-refractivity contribution is 0.360. The Bertz CT molecular complexity index is 227. The van der Waals surface area contributed by atoms with Gasteiger partial charge in [0.15, 0.2) is 0 Å². The van der Waals surface area contributed by atoms with Gasteiger partial charge in [-0.1, -0.05) is 19.3 Å². The molecule has 0 aromatic heterocycles. The Morgan fingerprint density at radius 1 is 0.444 bits per heavy atom. The fourth-order valence-corrected chi connectivity index (χ4v) is 4.92. The topological polar surface area (TPSA) is 9.72 Å². The predicted octanol–water partition coefficient (Wildman–Crippen LogP) is 1.75. The second-order valence-electron chi connectivity index (χ2n) is 6.64. The summed E-state index contributed by atoms with van der Waals surface area (Å²) in [5.74, 6) is 0. The van der Waals surface area contributed by atoms with Crippen LogP contribution in [0.5, 0.6) is 0 Å². The van der Waals surface area contributed by atoms with Crippen LogP contribution in [-0.2, 0) is 0 Å². The first-order chi connectivity index (χ1) is 8.95. The third-order valence-corrected chi connectivity index (χ3v) is 5.68. The molecule has 0 aromatic carbocycles. The maximum Gasteiger partial charge on any atom is 0.290 e. The molecule has 0 spiro atoms. The molecule has 0 atom stereocenters. The Morgan fingerprint density at radius 3 is 1.11 bits per heavy atom. The molecule has 0 unspecified atom stereocenters. The van der Waals surface area contributed by atoms with Crippen molar-refractivity contribution in [1.82, 2.24) is 14.2 Å². The normalized spacial score (nSPS) is 31.0. The van der Waals surface area contributed by atoms with E-state index >= 15 is 0 Å². The van der Waals surface area contributed by atoms with Gasteiger partial charge in [0.1, 0.15) is 0 Å². The van der Waals surface area contributed by atoms with E-state index in [0.29, 0.717) is 0 Å². The van der Waals surface area contributed by atoms with Crippen LogP contribution in [0, 0.1) is 0 Å². The number of nitrogens with zero attached hydrogens (tertiary/aromatic N) is 3. The molecule has 0 aliphatic carbocycles. The Labute approximate surface area is 113 Å². The Hall–Kier alpha value is 0.0748. The molecule has 0 radical (unpaired) electrons. The number of hydrogen-bond acceptors (Lipinski definition) is 3. The summed E-state index contributed by atoms with van der Waals surface area (Å²) in [4.78, 5) is 0. The van der Waals surface area contributed by atoms with Crippen molar-refractivity contribution >= 4 is 20.9 Å². The average molecular weight is 243 g/mol. The third-order valence-electron chi connectivity index (χ3n) is 5.68. The van der Waals surface area contributed by atoms with E-state index in [0.717, 1.165) is 20.9 Å². The first kappa shape index (κ1) is 11.9. The van der Waals surface area contributed by atoms with Crippen LogP contribution in [0.1, 0.15) is 38.5 Å². The maximum atomic E-state index is 2.87. The summed E-state index contributed by atoms with van der Waals surface area (Å²) in [6.07, 6.45) is 13.0. The lowest BCUT2D eigenvalue weighted by Crippen LogP contribution is -2.79. The molecule has 0 aromatic rings. The smallest absolute Gasteiger partial charge is 0.290 e. The summed E-state index contributed by atoms with van der Waals surface area (Å²) >= 11 is 0. The molecule has 4 saturated heterocycles. The molecule has 4 fully saturated rings. The number of rotatable bonds is 0. The molecule has 0 saturated carbocycles. The van der Waals surface area contributed by atoms with Crippen molar-refractivity contribution in [3.05, 3.63) is 0 Å². The van der Waals surface area contributed by atoms with E-state index in [1.807, 2.05) is 0 Å². The van der Waals surface area contributed by atoms with Gasteiger partial charge in [0, 0.05) is 0 Å². The van der Waals surface area contributed by atoms with E-state index in [9.17, 15) is 0 Å². The molecule has 3 nitrogen and oxygen atoms in total. The lowest BCUT2D eigenvalue weighted by atomic mass is 9.37. The summed E-state index contributed by atoms with van der Waals surface area (Å²) in [5.41, 5.74) is 0. The molecule has 6 heteroatoms. The molecular formula is C12H24B3N3. The van der Waals surface area contributed by atoms with Crippen molar-refractivity contribution in [3.63, 3.8) is 0 Å². The maximum absolute atomic E-state index is 2.87. The van der Waals surface area contributed by atoms with Gasteiger partial charge in [-0.3, -0.25) is 0 Å². The van der Waals surface area contributed by atoms with Crippen molar-refractivity contribution in [2.75, 3.05) is 19.6 Å². The van der Waals surface area contributed by atoms with Crippen LogP contribution in [0.4, 0.5) is 0 Å². The highest BCUT2D eigenvalue weighted by molar-refractivity contribution is 6.86. The molecular weight excluding hydrogens is 219 g/mol. The highest BCUT2D eigenvalue weighted by Crippen LogP contribution is 2.35. The summed E-state index contributed by atoms with van der Waals surface area (Å²) in [6, 6.07) is 0. The largest absolute Gasteiger partial charge is 0.357 e. The van der Waals surface area contributed by atoms with E-state index < -0.39 is 0 Å². The van der Waals surface area contributed by atoms with Crippen molar-refractivity contribution in [2.45, 2.75) is 57.5 Å². The fraction of sp³-hybridized carbons (Fsp3) is 1.00. The van der Waals surface area contributed by atoms with Crippen LogP contribution in [0.25, 0.3) is 0 Å². The van der Waals surface area contributed by atoms with E-state index in [4.69, 9.17) is 0 Å². The van der Waals surface area contributed by atoms with Crippen molar-refractivity contribution in [1.29, 1.82) is 0 Å². The molecule has 18 heavy (non-hydrogen) atoms. The van der Waals surface area contributed by atoms with Crippen LogP contribution in [-0.4, -0.2) is 54.7 Å².